The minimum Gasteiger partial charge on any atom is -0.497 e. The van der Waals surface area contributed by atoms with Crippen LogP contribution in [0.1, 0.15) is 18.0 Å². The number of ether oxygens (including phenoxy) is 1. The summed E-state index contributed by atoms with van der Waals surface area (Å²) >= 11 is 0. The summed E-state index contributed by atoms with van der Waals surface area (Å²) in [4.78, 5) is 14.0. The van der Waals surface area contributed by atoms with Crippen molar-refractivity contribution in [2.75, 3.05) is 18.6 Å². The van der Waals surface area contributed by atoms with Gasteiger partial charge in [-0.1, -0.05) is 12.1 Å². The number of aromatic nitrogens is 3. The van der Waals surface area contributed by atoms with E-state index >= 15 is 0 Å². The fourth-order valence-electron chi connectivity index (χ4n) is 3.30. The number of hydrogen-bond donors (Lipinski definition) is 2. The number of rotatable bonds is 3. The van der Waals surface area contributed by atoms with E-state index in [4.69, 9.17) is 4.74 Å². The number of H-pyrrole nitrogens is 1. The number of β-amino-alcohol motifs (C(OH)–C–C–N with tert-alkyl or cyclic N) is 1. The number of anilines is 1. The fraction of sp³-hybridized carbons (Fsp3) is 0.294. The summed E-state index contributed by atoms with van der Waals surface area (Å²) in [7, 11) is 1.66. The van der Waals surface area contributed by atoms with Crippen molar-refractivity contribution in [1.29, 1.82) is 0 Å². The Bertz CT molecular complexity index is 832. The summed E-state index contributed by atoms with van der Waals surface area (Å²) in [6.45, 7) is 0.555. The molecule has 0 aliphatic carbocycles. The minimum absolute atomic E-state index is 0.0631. The van der Waals surface area contributed by atoms with Crippen molar-refractivity contribution < 1.29 is 9.84 Å². The van der Waals surface area contributed by atoms with E-state index < -0.39 is 0 Å². The SMILES string of the molecule is COc1cccc([C@@H]2C[C@@H](O)CN2c2ncnc3[nH]ccc23)c1. The van der Waals surface area contributed by atoms with Gasteiger partial charge in [0.25, 0.3) is 0 Å². The summed E-state index contributed by atoms with van der Waals surface area (Å²) < 4.78 is 5.33. The second kappa shape index (κ2) is 5.55. The highest BCUT2D eigenvalue weighted by Gasteiger charge is 2.34. The molecular weight excluding hydrogens is 292 g/mol. The molecule has 0 spiro atoms. The third-order valence-electron chi connectivity index (χ3n) is 4.36. The monoisotopic (exact) mass is 310 g/mol. The van der Waals surface area contributed by atoms with Crippen LogP contribution in [0.4, 0.5) is 5.82 Å². The normalized spacial score (nSPS) is 21.0. The van der Waals surface area contributed by atoms with E-state index in [1.54, 1.807) is 13.4 Å². The van der Waals surface area contributed by atoms with Gasteiger partial charge in [0.15, 0.2) is 0 Å². The van der Waals surface area contributed by atoms with Crippen LogP contribution in [-0.2, 0) is 0 Å². The van der Waals surface area contributed by atoms with Gasteiger partial charge in [0.1, 0.15) is 23.5 Å². The standard InChI is InChI=1S/C17H18N4O2/c1-23-13-4-2-3-11(7-13)15-8-12(22)9-21(15)17-14-5-6-18-16(14)19-10-20-17/h2-7,10,12,15,22H,8-9H2,1H3,(H,18,19,20)/t12-,15+/m1/s1. The molecule has 2 N–H and O–H groups in total. The molecule has 0 saturated carbocycles. The van der Waals surface area contributed by atoms with E-state index in [2.05, 4.69) is 25.9 Å². The maximum atomic E-state index is 10.2. The number of aliphatic hydroxyl groups excluding tert-OH is 1. The van der Waals surface area contributed by atoms with Crippen LogP contribution >= 0.6 is 0 Å². The van der Waals surface area contributed by atoms with Gasteiger partial charge in [-0.15, -0.1) is 0 Å². The molecule has 6 nitrogen and oxygen atoms in total. The number of hydrogen-bond acceptors (Lipinski definition) is 5. The van der Waals surface area contributed by atoms with E-state index in [1.807, 2.05) is 30.5 Å². The van der Waals surface area contributed by atoms with Crippen molar-refractivity contribution in [1.82, 2.24) is 15.0 Å². The van der Waals surface area contributed by atoms with Crippen LogP contribution in [-0.4, -0.2) is 39.8 Å². The third-order valence-corrected chi connectivity index (χ3v) is 4.36. The van der Waals surface area contributed by atoms with E-state index in [-0.39, 0.29) is 12.1 Å². The maximum Gasteiger partial charge on any atom is 0.142 e. The van der Waals surface area contributed by atoms with Crippen molar-refractivity contribution in [2.45, 2.75) is 18.6 Å². The number of aromatic amines is 1. The smallest absolute Gasteiger partial charge is 0.142 e. The van der Waals surface area contributed by atoms with Crippen LogP contribution in [0.2, 0.25) is 0 Å². The molecule has 2 aromatic heterocycles. The van der Waals surface area contributed by atoms with Crippen LogP contribution in [0.25, 0.3) is 11.0 Å². The molecule has 1 aliphatic heterocycles. The molecule has 1 aliphatic rings. The Morgan fingerprint density at radius 1 is 1.30 bits per heavy atom. The van der Waals surface area contributed by atoms with Crippen LogP contribution in [0.15, 0.2) is 42.9 Å². The second-order valence-electron chi connectivity index (χ2n) is 5.77. The third kappa shape index (κ3) is 2.41. The van der Waals surface area contributed by atoms with E-state index in [1.165, 1.54) is 0 Å². The summed E-state index contributed by atoms with van der Waals surface area (Å²) in [6.07, 6.45) is 3.70. The fourth-order valence-corrected chi connectivity index (χ4v) is 3.30. The van der Waals surface area contributed by atoms with Gasteiger partial charge in [-0.3, -0.25) is 0 Å². The molecule has 0 unspecified atom stereocenters. The number of fused-ring (bicyclic) bond motifs is 1. The highest BCUT2D eigenvalue weighted by atomic mass is 16.5. The maximum absolute atomic E-state index is 10.2. The van der Waals surface area contributed by atoms with Gasteiger partial charge in [-0.05, 0) is 30.2 Å². The number of nitrogens with one attached hydrogen (secondary N) is 1. The molecule has 0 amide bonds. The Hall–Kier alpha value is -2.60. The first-order valence-corrected chi connectivity index (χ1v) is 7.63. The average Bonchev–Trinajstić information content (AvgIpc) is 3.21. The Kier molecular flexibility index (Phi) is 3.38. The molecule has 3 heterocycles. The first-order valence-electron chi connectivity index (χ1n) is 7.63. The number of aliphatic hydroxyl groups is 1. The molecule has 0 bridgehead atoms. The zero-order valence-corrected chi connectivity index (χ0v) is 12.8. The highest BCUT2D eigenvalue weighted by Crippen LogP contribution is 2.38. The Labute approximate surface area is 133 Å². The molecule has 0 radical (unpaired) electrons. The van der Waals surface area contributed by atoms with Gasteiger partial charge < -0.3 is 19.7 Å². The van der Waals surface area contributed by atoms with E-state index in [9.17, 15) is 5.11 Å². The summed E-state index contributed by atoms with van der Waals surface area (Å²) in [5, 5.41) is 11.2. The van der Waals surface area contributed by atoms with Gasteiger partial charge in [0.2, 0.25) is 0 Å². The number of methoxy groups -OCH3 is 1. The predicted octanol–water partition coefficient (Wildman–Crippen LogP) is 2.28. The molecule has 23 heavy (non-hydrogen) atoms. The first-order chi connectivity index (χ1) is 11.3. The van der Waals surface area contributed by atoms with Gasteiger partial charge in [0.05, 0.1) is 24.6 Å². The first kappa shape index (κ1) is 14.0. The molecule has 3 aromatic rings. The van der Waals surface area contributed by atoms with Crippen molar-refractivity contribution >= 4 is 16.9 Å². The largest absolute Gasteiger partial charge is 0.497 e. The topological polar surface area (TPSA) is 74.3 Å². The van der Waals surface area contributed by atoms with Gasteiger partial charge >= 0.3 is 0 Å². The van der Waals surface area contributed by atoms with E-state index in [0.29, 0.717) is 13.0 Å². The number of nitrogens with zero attached hydrogens (tertiary/aromatic N) is 3. The van der Waals surface area contributed by atoms with Gasteiger partial charge in [0, 0.05) is 12.7 Å². The second-order valence-corrected chi connectivity index (χ2v) is 5.77. The Balaban J connectivity index is 1.78. The average molecular weight is 310 g/mol. The van der Waals surface area contributed by atoms with Crippen LogP contribution < -0.4 is 9.64 Å². The van der Waals surface area contributed by atoms with Crippen molar-refractivity contribution in [3.8, 4) is 5.75 Å². The number of benzene rings is 1. The lowest BCUT2D eigenvalue weighted by molar-refractivity contribution is 0.194. The molecule has 6 heteroatoms. The highest BCUT2D eigenvalue weighted by molar-refractivity contribution is 5.87. The van der Waals surface area contributed by atoms with E-state index in [0.717, 1.165) is 28.2 Å². The summed E-state index contributed by atoms with van der Waals surface area (Å²) in [6, 6.07) is 10.0. The molecule has 4 rings (SSSR count). The minimum atomic E-state index is -0.379. The van der Waals surface area contributed by atoms with Crippen molar-refractivity contribution in [3.63, 3.8) is 0 Å². The van der Waals surface area contributed by atoms with Crippen LogP contribution in [0, 0.1) is 0 Å². The Morgan fingerprint density at radius 2 is 2.22 bits per heavy atom. The molecule has 118 valence electrons. The van der Waals surface area contributed by atoms with Crippen LogP contribution in [0.5, 0.6) is 5.75 Å². The lowest BCUT2D eigenvalue weighted by Gasteiger charge is -2.26. The lowest BCUT2D eigenvalue weighted by Crippen LogP contribution is -2.25. The van der Waals surface area contributed by atoms with Gasteiger partial charge in [-0.25, -0.2) is 9.97 Å². The van der Waals surface area contributed by atoms with Crippen LogP contribution in [0.3, 0.4) is 0 Å². The van der Waals surface area contributed by atoms with Gasteiger partial charge in [-0.2, -0.15) is 0 Å². The quantitative estimate of drug-likeness (QED) is 0.776. The Morgan fingerprint density at radius 3 is 3.09 bits per heavy atom. The predicted molar refractivity (Wildman–Crippen MR) is 87.6 cm³/mol. The molecule has 1 saturated heterocycles. The van der Waals surface area contributed by atoms with Crippen molar-refractivity contribution in [3.05, 3.63) is 48.4 Å². The molecule has 1 aromatic carbocycles. The molecular formula is C17H18N4O2. The van der Waals surface area contributed by atoms with Crippen molar-refractivity contribution in [2.24, 2.45) is 0 Å². The molecule has 2 atom stereocenters. The molecule has 1 fully saturated rings. The zero-order chi connectivity index (χ0) is 15.8. The lowest BCUT2D eigenvalue weighted by atomic mass is 10.0. The summed E-state index contributed by atoms with van der Waals surface area (Å²) in [5.41, 5.74) is 1.92. The summed E-state index contributed by atoms with van der Waals surface area (Å²) in [5.74, 6) is 1.67. The zero-order valence-electron chi connectivity index (χ0n) is 12.8.